The van der Waals surface area contributed by atoms with Gasteiger partial charge >= 0.3 is 0 Å². The fraction of sp³-hybridized carbons (Fsp3) is 0.216. The number of nitrogens with zero attached hydrogens (tertiary/aromatic N) is 4. The number of fused-ring (bicyclic) bond motifs is 1. The van der Waals surface area contributed by atoms with Crippen LogP contribution in [0.2, 0.25) is 0 Å². The molecule has 222 valence electrons. The number of hydrogen-bond donors (Lipinski definition) is 0. The summed E-state index contributed by atoms with van der Waals surface area (Å²) in [5.41, 5.74) is 5.24. The van der Waals surface area contributed by atoms with Crippen LogP contribution in [-0.4, -0.2) is 57.9 Å². The van der Waals surface area contributed by atoms with Gasteiger partial charge in [0.15, 0.2) is 0 Å². The summed E-state index contributed by atoms with van der Waals surface area (Å²) in [6.45, 7) is 4.49. The smallest absolute Gasteiger partial charge is 0.270 e. The van der Waals surface area contributed by atoms with Crippen LogP contribution >= 0.6 is 0 Å². The average molecular weight is 585 g/mol. The zero-order chi connectivity index (χ0) is 30.3. The number of aromatic nitrogens is 1. The average Bonchev–Trinajstić information content (AvgIpc) is 3.42. The van der Waals surface area contributed by atoms with Crippen LogP contribution in [0.4, 0.5) is 5.69 Å². The van der Waals surface area contributed by atoms with Crippen LogP contribution in [0.15, 0.2) is 121 Å². The number of nitro benzene ring substituents is 1. The van der Waals surface area contributed by atoms with Crippen LogP contribution < -0.4 is 0 Å². The van der Waals surface area contributed by atoms with E-state index < -0.39 is 0 Å². The second-order valence-electron chi connectivity index (χ2n) is 11.3. The molecule has 5 aromatic rings. The SMILES string of the molecule is O=C(CC(c1ccccc1)c1cn(Cc2ccccc2)c2ccc([N+](=O)[O-])cc12)N1CCN(C/C=C/c2ccccc2)CC1. The van der Waals surface area contributed by atoms with E-state index in [-0.39, 0.29) is 22.4 Å². The van der Waals surface area contributed by atoms with Gasteiger partial charge in [0.1, 0.15) is 0 Å². The Bertz CT molecular complexity index is 1740. The maximum Gasteiger partial charge on any atom is 0.270 e. The molecule has 7 heteroatoms. The van der Waals surface area contributed by atoms with Crippen LogP contribution in [0.3, 0.4) is 0 Å². The topological polar surface area (TPSA) is 71.6 Å². The van der Waals surface area contributed by atoms with Gasteiger partial charge in [-0.3, -0.25) is 19.8 Å². The molecule has 4 aromatic carbocycles. The van der Waals surface area contributed by atoms with Crippen molar-refractivity contribution in [3.8, 4) is 0 Å². The lowest BCUT2D eigenvalue weighted by Crippen LogP contribution is -2.48. The van der Waals surface area contributed by atoms with Gasteiger partial charge in [0, 0.05) is 80.8 Å². The highest BCUT2D eigenvalue weighted by molar-refractivity contribution is 5.88. The molecule has 0 spiro atoms. The molecule has 1 aliphatic rings. The lowest BCUT2D eigenvalue weighted by Gasteiger charge is -2.35. The summed E-state index contributed by atoms with van der Waals surface area (Å²) < 4.78 is 2.14. The number of piperazine rings is 1. The minimum Gasteiger partial charge on any atom is -0.343 e. The Kier molecular flexibility index (Phi) is 8.94. The highest BCUT2D eigenvalue weighted by atomic mass is 16.6. The van der Waals surface area contributed by atoms with Gasteiger partial charge in [-0.2, -0.15) is 0 Å². The molecule has 6 rings (SSSR count). The predicted octanol–water partition coefficient (Wildman–Crippen LogP) is 6.98. The van der Waals surface area contributed by atoms with Crippen LogP contribution in [0.1, 0.15) is 34.6 Å². The molecular weight excluding hydrogens is 548 g/mol. The quantitative estimate of drug-likeness (QED) is 0.131. The molecule has 1 saturated heterocycles. The molecule has 0 N–H and O–H groups in total. The monoisotopic (exact) mass is 584 g/mol. The van der Waals surface area contributed by atoms with Gasteiger partial charge in [-0.25, -0.2) is 0 Å². The summed E-state index contributed by atoms with van der Waals surface area (Å²) in [4.78, 5) is 29.6. The molecule has 1 amide bonds. The molecule has 1 aromatic heterocycles. The second-order valence-corrected chi connectivity index (χ2v) is 11.3. The Morgan fingerprint density at radius 3 is 2.18 bits per heavy atom. The number of carbonyl (C=O) groups is 1. The first-order valence-electron chi connectivity index (χ1n) is 15.1. The van der Waals surface area contributed by atoms with Gasteiger partial charge < -0.3 is 9.47 Å². The second kappa shape index (κ2) is 13.5. The summed E-state index contributed by atoms with van der Waals surface area (Å²) >= 11 is 0. The van der Waals surface area contributed by atoms with E-state index in [0.717, 1.165) is 47.2 Å². The van der Waals surface area contributed by atoms with Crippen molar-refractivity contribution in [3.63, 3.8) is 0 Å². The molecule has 0 aliphatic carbocycles. The Morgan fingerprint density at radius 1 is 0.841 bits per heavy atom. The molecule has 1 unspecified atom stereocenters. The minimum atomic E-state index is -0.352. The molecule has 7 nitrogen and oxygen atoms in total. The Hall–Kier alpha value is -5.01. The Labute approximate surface area is 257 Å². The third kappa shape index (κ3) is 6.79. The van der Waals surface area contributed by atoms with Gasteiger partial charge in [-0.15, -0.1) is 0 Å². The van der Waals surface area contributed by atoms with Crippen molar-refractivity contribution >= 4 is 28.6 Å². The standard InChI is InChI=1S/C37H36N4O3/c42-37(39-23-21-38(22-24-39)20-10-15-29-11-4-1-5-12-29)26-33(31-16-8-3-9-17-31)35-28-40(27-30-13-6-2-7-14-30)36-19-18-32(41(43)44)25-34(35)36/h1-19,25,28,33H,20-24,26-27H2/b15-10+. The van der Waals surface area contributed by atoms with E-state index in [9.17, 15) is 14.9 Å². The zero-order valence-corrected chi connectivity index (χ0v) is 24.7. The van der Waals surface area contributed by atoms with E-state index in [1.807, 2.05) is 77.7 Å². The largest absolute Gasteiger partial charge is 0.343 e. The highest BCUT2D eigenvalue weighted by Crippen LogP contribution is 2.37. The molecule has 2 heterocycles. The first-order chi connectivity index (χ1) is 21.5. The molecular formula is C37H36N4O3. The molecule has 0 saturated carbocycles. The third-order valence-electron chi connectivity index (χ3n) is 8.46. The maximum absolute atomic E-state index is 13.8. The lowest BCUT2D eigenvalue weighted by molar-refractivity contribution is -0.384. The van der Waals surface area contributed by atoms with Crippen LogP contribution in [0.5, 0.6) is 0 Å². The number of amides is 1. The summed E-state index contributed by atoms with van der Waals surface area (Å²) in [6, 6.07) is 35.5. The van der Waals surface area contributed by atoms with Gasteiger partial charge in [-0.05, 0) is 28.3 Å². The maximum atomic E-state index is 13.8. The number of carbonyl (C=O) groups excluding carboxylic acids is 1. The zero-order valence-electron chi connectivity index (χ0n) is 24.7. The number of non-ortho nitro benzene ring substituents is 1. The van der Waals surface area contributed by atoms with Crippen LogP contribution in [0, 0.1) is 10.1 Å². The predicted molar refractivity (Wildman–Crippen MR) is 176 cm³/mol. The first kappa shape index (κ1) is 29.1. The normalized spacial score (nSPS) is 14.7. The number of nitro groups is 1. The molecule has 0 radical (unpaired) electrons. The molecule has 1 fully saturated rings. The number of benzene rings is 4. The number of rotatable bonds is 10. The summed E-state index contributed by atoms with van der Waals surface area (Å²) in [5, 5.41) is 12.6. The lowest BCUT2D eigenvalue weighted by atomic mass is 9.87. The van der Waals surface area contributed by atoms with Crippen LogP contribution in [-0.2, 0) is 11.3 Å². The highest BCUT2D eigenvalue weighted by Gasteiger charge is 2.28. The molecule has 44 heavy (non-hydrogen) atoms. The third-order valence-corrected chi connectivity index (χ3v) is 8.46. The number of hydrogen-bond acceptors (Lipinski definition) is 4. The molecule has 1 aliphatic heterocycles. The summed E-state index contributed by atoms with van der Waals surface area (Å²) in [6.07, 6.45) is 6.71. The Balaban J connectivity index is 1.24. The van der Waals surface area contributed by atoms with E-state index >= 15 is 0 Å². The van der Waals surface area contributed by atoms with E-state index in [1.54, 1.807) is 12.1 Å². The van der Waals surface area contributed by atoms with Crippen molar-refractivity contribution in [2.24, 2.45) is 0 Å². The van der Waals surface area contributed by atoms with E-state index in [0.29, 0.717) is 26.1 Å². The fourth-order valence-corrected chi connectivity index (χ4v) is 6.09. The van der Waals surface area contributed by atoms with Crippen molar-refractivity contribution in [2.75, 3.05) is 32.7 Å². The van der Waals surface area contributed by atoms with Crippen molar-refractivity contribution in [1.29, 1.82) is 0 Å². The van der Waals surface area contributed by atoms with Gasteiger partial charge in [0.25, 0.3) is 5.69 Å². The van der Waals surface area contributed by atoms with E-state index in [1.165, 1.54) is 5.56 Å². The van der Waals surface area contributed by atoms with E-state index in [2.05, 4.69) is 52.1 Å². The van der Waals surface area contributed by atoms with Crippen molar-refractivity contribution in [3.05, 3.63) is 154 Å². The molecule has 1 atom stereocenters. The van der Waals surface area contributed by atoms with Crippen molar-refractivity contribution in [2.45, 2.75) is 18.9 Å². The van der Waals surface area contributed by atoms with Crippen LogP contribution in [0.25, 0.3) is 17.0 Å². The van der Waals surface area contributed by atoms with Crippen molar-refractivity contribution < 1.29 is 9.72 Å². The minimum absolute atomic E-state index is 0.0479. The van der Waals surface area contributed by atoms with Gasteiger partial charge in [0.05, 0.1) is 4.92 Å². The summed E-state index contributed by atoms with van der Waals surface area (Å²) in [7, 11) is 0. The first-order valence-corrected chi connectivity index (χ1v) is 15.1. The van der Waals surface area contributed by atoms with Crippen molar-refractivity contribution in [1.82, 2.24) is 14.4 Å². The fourth-order valence-electron chi connectivity index (χ4n) is 6.09. The Morgan fingerprint density at radius 2 is 1.50 bits per heavy atom. The van der Waals surface area contributed by atoms with Gasteiger partial charge in [0.2, 0.25) is 5.91 Å². The summed E-state index contributed by atoms with van der Waals surface area (Å²) in [5.74, 6) is -0.134. The van der Waals surface area contributed by atoms with E-state index in [4.69, 9.17) is 0 Å². The molecule has 0 bridgehead atoms. The van der Waals surface area contributed by atoms with Gasteiger partial charge in [-0.1, -0.05) is 103 Å².